The van der Waals surface area contributed by atoms with E-state index in [-0.39, 0.29) is 12.0 Å². The molecule has 0 unspecified atom stereocenters. The Bertz CT molecular complexity index is 1230. The Morgan fingerprint density at radius 2 is 1.76 bits per heavy atom. The fraction of sp³-hybridized carbons (Fsp3) is 0.308. The topological polar surface area (TPSA) is 49.9 Å². The number of hydrogen-bond donors (Lipinski definition) is 0. The zero-order valence-corrected chi connectivity index (χ0v) is 19.3. The van der Waals surface area contributed by atoms with E-state index < -0.39 is 11.4 Å². The number of thioether (sulfide) groups is 1. The van der Waals surface area contributed by atoms with Crippen LogP contribution in [0.2, 0.25) is 0 Å². The van der Waals surface area contributed by atoms with Crippen LogP contribution in [0, 0.1) is 0 Å². The summed E-state index contributed by atoms with van der Waals surface area (Å²) in [5.74, 6) is -2.72. The molecule has 2 aliphatic rings. The number of likely N-dealkylation sites (tertiary alicyclic amines) is 1. The number of alkyl halides is 2. The van der Waals surface area contributed by atoms with E-state index in [1.165, 1.54) is 6.07 Å². The van der Waals surface area contributed by atoms with E-state index in [1.807, 2.05) is 18.2 Å². The van der Waals surface area contributed by atoms with Gasteiger partial charge in [-0.25, -0.2) is 4.79 Å². The molecule has 5 rings (SSSR count). The molecule has 2 aliphatic heterocycles. The summed E-state index contributed by atoms with van der Waals surface area (Å²) in [6, 6.07) is 20.6. The van der Waals surface area contributed by atoms with E-state index in [4.69, 9.17) is 4.74 Å². The average molecular weight is 483 g/mol. The van der Waals surface area contributed by atoms with Gasteiger partial charge in [-0.05, 0) is 40.6 Å². The summed E-state index contributed by atoms with van der Waals surface area (Å²) in [5, 5.41) is 2.28. The molecule has 176 valence electrons. The van der Waals surface area contributed by atoms with Gasteiger partial charge in [0.1, 0.15) is 5.60 Å². The molecule has 8 heteroatoms. The van der Waals surface area contributed by atoms with Gasteiger partial charge in [-0.2, -0.15) is 8.78 Å². The Balaban J connectivity index is 1.21. The molecule has 0 radical (unpaired) electrons. The summed E-state index contributed by atoms with van der Waals surface area (Å²) in [4.78, 5) is 29.4. The third-order valence-electron chi connectivity index (χ3n) is 6.50. The standard InChI is InChI=1S/C26H24F2N2O3S/c27-24(28)34-22-7-3-6-21(15-22)23(31)29-12-10-26(11-13-29)17-30(25(32)33-26)16-18-8-9-19-4-1-2-5-20(19)14-18/h1-9,14-15,24H,10-13,16-17H2. The number of rotatable bonds is 5. The number of amides is 2. The normalized spacial score (nSPS) is 17.6. The fourth-order valence-corrected chi connectivity index (χ4v) is 5.30. The summed E-state index contributed by atoms with van der Waals surface area (Å²) >= 11 is 0.426. The molecule has 0 bridgehead atoms. The van der Waals surface area contributed by atoms with Crippen molar-refractivity contribution in [3.8, 4) is 0 Å². The van der Waals surface area contributed by atoms with Gasteiger partial charge >= 0.3 is 6.09 Å². The Morgan fingerprint density at radius 3 is 2.53 bits per heavy atom. The van der Waals surface area contributed by atoms with Gasteiger partial charge in [-0.3, -0.25) is 9.69 Å². The van der Waals surface area contributed by atoms with Crippen LogP contribution >= 0.6 is 11.8 Å². The van der Waals surface area contributed by atoms with Gasteiger partial charge in [0.05, 0.1) is 6.54 Å². The highest BCUT2D eigenvalue weighted by atomic mass is 32.2. The van der Waals surface area contributed by atoms with Gasteiger partial charge < -0.3 is 9.64 Å². The predicted octanol–water partition coefficient (Wildman–Crippen LogP) is 5.78. The molecular formula is C26H24F2N2O3S. The number of hydrogen-bond acceptors (Lipinski definition) is 4. The SMILES string of the molecule is O=C1OC2(CCN(C(=O)c3cccc(SC(F)F)c3)CC2)CN1Cc1ccc2ccccc2c1. The van der Waals surface area contributed by atoms with Crippen LogP contribution in [0.25, 0.3) is 10.8 Å². The van der Waals surface area contributed by atoms with E-state index in [9.17, 15) is 18.4 Å². The highest BCUT2D eigenvalue weighted by Crippen LogP contribution is 2.35. The van der Waals surface area contributed by atoms with Crippen molar-refractivity contribution < 1.29 is 23.1 Å². The van der Waals surface area contributed by atoms with Crippen LogP contribution in [0.3, 0.4) is 0 Å². The fourth-order valence-electron chi connectivity index (χ4n) is 4.74. The van der Waals surface area contributed by atoms with Crippen LogP contribution in [0.5, 0.6) is 0 Å². The molecule has 3 aromatic carbocycles. The first-order valence-corrected chi connectivity index (χ1v) is 12.1. The first-order valence-electron chi connectivity index (χ1n) is 11.2. The van der Waals surface area contributed by atoms with E-state index in [0.717, 1.165) is 16.3 Å². The highest BCUT2D eigenvalue weighted by molar-refractivity contribution is 7.99. The lowest BCUT2D eigenvalue weighted by Gasteiger charge is -2.37. The van der Waals surface area contributed by atoms with Crippen molar-refractivity contribution in [3.05, 3.63) is 77.9 Å². The largest absolute Gasteiger partial charge is 0.441 e. The molecule has 2 heterocycles. The number of carbonyl (C=O) groups is 2. The van der Waals surface area contributed by atoms with Gasteiger partial charge in [-0.15, -0.1) is 0 Å². The maximum absolute atomic E-state index is 12.9. The summed E-state index contributed by atoms with van der Waals surface area (Å²) < 4.78 is 31.2. The van der Waals surface area contributed by atoms with Crippen molar-refractivity contribution in [2.75, 3.05) is 19.6 Å². The lowest BCUT2D eigenvalue weighted by Crippen LogP contribution is -2.48. The highest BCUT2D eigenvalue weighted by Gasteiger charge is 2.47. The lowest BCUT2D eigenvalue weighted by molar-refractivity contribution is 0.00312. The number of carbonyl (C=O) groups excluding carboxylic acids is 2. The zero-order valence-electron chi connectivity index (χ0n) is 18.5. The first-order chi connectivity index (χ1) is 16.4. The molecule has 2 saturated heterocycles. The minimum Gasteiger partial charge on any atom is -0.441 e. The third kappa shape index (κ3) is 4.73. The Kier molecular flexibility index (Phi) is 6.16. The van der Waals surface area contributed by atoms with E-state index in [2.05, 4.69) is 24.3 Å². The van der Waals surface area contributed by atoms with Gasteiger partial charge in [0.25, 0.3) is 11.7 Å². The molecule has 1 spiro atoms. The number of nitrogens with zero attached hydrogens (tertiary/aromatic N) is 2. The van der Waals surface area contributed by atoms with Crippen molar-refractivity contribution >= 4 is 34.5 Å². The van der Waals surface area contributed by atoms with Crippen LogP contribution in [-0.2, 0) is 11.3 Å². The van der Waals surface area contributed by atoms with Crippen molar-refractivity contribution in [2.24, 2.45) is 0 Å². The summed E-state index contributed by atoms with van der Waals surface area (Å²) in [7, 11) is 0. The van der Waals surface area contributed by atoms with Crippen molar-refractivity contribution in [2.45, 2.75) is 35.6 Å². The lowest BCUT2D eigenvalue weighted by atomic mass is 9.91. The second kappa shape index (κ2) is 9.25. The van der Waals surface area contributed by atoms with Crippen LogP contribution in [0.1, 0.15) is 28.8 Å². The smallest absolute Gasteiger partial charge is 0.410 e. The predicted molar refractivity (Wildman–Crippen MR) is 127 cm³/mol. The molecule has 2 amide bonds. The van der Waals surface area contributed by atoms with Gasteiger partial charge in [0.15, 0.2) is 0 Å². The zero-order chi connectivity index (χ0) is 23.7. The van der Waals surface area contributed by atoms with Crippen LogP contribution in [-0.4, -0.2) is 52.8 Å². The first kappa shape index (κ1) is 22.7. The van der Waals surface area contributed by atoms with Crippen LogP contribution in [0.4, 0.5) is 13.6 Å². The minimum atomic E-state index is -2.53. The number of benzene rings is 3. The maximum atomic E-state index is 12.9. The van der Waals surface area contributed by atoms with Crippen molar-refractivity contribution in [1.82, 2.24) is 9.80 Å². The summed E-state index contributed by atoms with van der Waals surface area (Å²) in [6.45, 7) is 1.86. The van der Waals surface area contributed by atoms with E-state index >= 15 is 0 Å². The maximum Gasteiger partial charge on any atom is 0.410 e. The number of fused-ring (bicyclic) bond motifs is 1. The Morgan fingerprint density at radius 1 is 1.00 bits per heavy atom. The summed E-state index contributed by atoms with van der Waals surface area (Å²) in [5.41, 5.74) is 0.836. The second-order valence-corrected chi connectivity index (χ2v) is 9.85. The van der Waals surface area contributed by atoms with Crippen molar-refractivity contribution in [3.63, 3.8) is 0 Å². The van der Waals surface area contributed by atoms with Gasteiger partial charge in [0, 0.05) is 42.9 Å². The molecule has 5 nitrogen and oxygen atoms in total. The second-order valence-electron chi connectivity index (χ2n) is 8.79. The molecule has 0 aromatic heterocycles. The molecule has 3 aromatic rings. The molecule has 34 heavy (non-hydrogen) atoms. The number of ether oxygens (including phenoxy) is 1. The molecule has 0 N–H and O–H groups in total. The Hall–Kier alpha value is -3.13. The molecular weight excluding hydrogens is 458 g/mol. The van der Waals surface area contributed by atoms with Gasteiger partial charge in [0.2, 0.25) is 0 Å². The quantitative estimate of drug-likeness (QED) is 0.433. The van der Waals surface area contributed by atoms with Crippen LogP contribution < -0.4 is 0 Å². The van der Waals surface area contributed by atoms with Gasteiger partial charge in [-0.1, -0.05) is 54.2 Å². The van der Waals surface area contributed by atoms with E-state index in [1.54, 1.807) is 28.0 Å². The van der Waals surface area contributed by atoms with E-state index in [0.29, 0.717) is 61.2 Å². The molecule has 2 fully saturated rings. The molecule has 0 aliphatic carbocycles. The molecule has 0 atom stereocenters. The summed E-state index contributed by atoms with van der Waals surface area (Å²) in [6.07, 6.45) is 0.763. The van der Waals surface area contributed by atoms with Crippen molar-refractivity contribution in [1.29, 1.82) is 0 Å². The Labute approximate surface area is 200 Å². The molecule has 0 saturated carbocycles. The van der Waals surface area contributed by atoms with Crippen LogP contribution in [0.15, 0.2) is 71.6 Å². The third-order valence-corrected chi connectivity index (χ3v) is 7.20. The average Bonchev–Trinajstić information content (AvgIpc) is 3.13. The number of halogens is 2. The number of piperidine rings is 1. The monoisotopic (exact) mass is 482 g/mol. The minimum absolute atomic E-state index is 0.191.